The molecule has 10 nitrogen and oxygen atoms in total. The van der Waals surface area contributed by atoms with Crippen LogP contribution in [-0.2, 0) is 22.6 Å². The van der Waals surface area contributed by atoms with Crippen molar-refractivity contribution in [3.8, 4) is 15.6 Å². The van der Waals surface area contributed by atoms with Crippen LogP contribution < -0.4 is 10.5 Å². The lowest BCUT2D eigenvalue weighted by atomic mass is 10.2. The smallest absolute Gasteiger partial charge is 0.396 e. The largest absolute Gasteiger partial charge is 0.573 e. The van der Waals surface area contributed by atoms with Crippen LogP contribution in [-0.4, -0.2) is 55.6 Å². The van der Waals surface area contributed by atoms with Gasteiger partial charge in [0.1, 0.15) is 5.69 Å². The lowest BCUT2D eigenvalue weighted by Crippen LogP contribution is -2.16. The number of ether oxygens (including phenoxy) is 3. The molecule has 0 aliphatic carbocycles. The Morgan fingerprint density at radius 2 is 2.09 bits per heavy atom. The number of hydrogen-bond donors (Lipinski definition) is 1. The van der Waals surface area contributed by atoms with Gasteiger partial charge in [0.15, 0.2) is 16.2 Å². The fourth-order valence-corrected chi connectivity index (χ4v) is 4.28. The molecule has 0 amide bonds. The molecule has 14 heteroatoms. The second-order valence-electron chi connectivity index (χ2n) is 7.47. The normalized spacial score (nSPS) is 16.4. The van der Waals surface area contributed by atoms with E-state index < -0.39 is 6.36 Å². The van der Waals surface area contributed by atoms with Crippen molar-refractivity contribution in [1.29, 1.82) is 0 Å². The van der Waals surface area contributed by atoms with Crippen molar-refractivity contribution in [2.45, 2.75) is 32.0 Å². The number of nitrogen functional groups attached to an aromatic ring is 1. The zero-order valence-electron chi connectivity index (χ0n) is 17.5. The first kappa shape index (κ1) is 22.4. The molecule has 0 radical (unpaired) electrons. The van der Waals surface area contributed by atoms with Crippen LogP contribution in [0, 0.1) is 0 Å². The van der Waals surface area contributed by atoms with Gasteiger partial charge in [-0.1, -0.05) is 22.6 Å². The summed E-state index contributed by atoms with van der Waals surface area (Å²) < 4.78 is 54.1. The van der Waals surface area contributed by atoms with Gasteiger partial charge in [-0.2, -0.15) is 4.98 Å². The summed E-state index contributed by atoms with van der Waals surface area (Å²) in [6.45, 7) is 2.04. The lowest BCUT2D eigenvalue weighted by molar-refractivity contribution is -0.273. The molecular formula is C20H18F3N7O3S. The van der Waals surface area contributed by atoms with Crippen molar-refractivity contribution in [3.05, 3.63) is 41.7 Å². The van der Waals surface area contributed by atoms with Crippen molar-refractivity contribution < 1.29 is 27.4 Å². The molecule has 1 saturated heterocycles. The number of nitrogens with zero attached hydrogens (tertiary/aromatic N) is 6. The molecule has 2 N–H and O–H groups in total. The molecule has 5 rings (SSSR count). The maximum atomic E-state index is 12.5. The number of rotatable bonds is 7. The summed E-state index contributed by atoms with van der Waals surface area (Å²) >= 11 is 0.768. The minimum absolute atomic E-state index is 0.0610. The van der Waals surface area contributed by atoms with E-state index >= 15 is 0 Å². The van der Waals surface area contributed by atoms with Crippen molar-refractivity contribution >= 4 is 28.4 Å². The van der Waals surface area contributed by atoms with Gasteiger partial charge >= 0.3 is 6.36 Å². The number of alkyl halides is 3. The number of thiophene rings is 1. The van der Waals surface area contributed by atoms with Gasteiger partial charge in [0.2, 0.25) is 5.95 Å². The fraction of sp³-hybridized carbons (Fsp3) is 0.350. The molecule has 1 unspecified atom stereocenters. The second-order valence-corrected chi connectivity index (χ2v) is 8.52. The Labute approximate surface area is 194 Å². The van der Waals surface area contributed by atoms with E-state index in [1.807, 2.05) is 12.1 Å². The lowest BCUT2D eigenvalue weighted by Gasteiger charge is -2.10. The molecule has 0 aromatic carbocycles. The highest BCUT2D eigenvalue weighted by Crippen LogP contribution is 2.37. The van der Waals surface area contributed by atoms with E-state index in [1.165, 1.54) is 16.8 Å². The number of hydrogen-bond acceptors (Lipinski definition) is 10. The second kappa shape index (κ2) is 9.12. The third-order valence-corrected chi connectivity index (χ3v) is 5.95. The molecule has 1 atom stereocenters. The van der Waals surface area contributed by atoms with Crippen LogP contribution in [0.1, 0.15) is 17.7 Å². The van der Waals surface area contributed by atoms with Crippen LogP contribution in [0.5, 0.6) is 5.06 Å². The van der Waals surface area contributed by atoms with Gasteiger partial charge in [0, 0.05) is 12.8 Å². The van der Waals surface area contributed by atoms with E-state index in [1.54, 1.807) is 6.20 Å². The molecule has 4 aromatic heterocycles. The highest BCUT2D eigenvalue weighted by Gasteiger charge is 2.32. The summed E-state index contributed by atoms with van der Waals surface area (Å²) in [4.78, 5) is 13.2. The van der Waals surface area contributed by atoms with Crippen LogP contribution in [0.2, 0.25) is 0 Å². The first-order chi connectivity index (χ1) is 16.3. The topological polar surface area (TPSA) is 123 Å². The monoisotopic (exact) mass is 493 g/mol. The Bertz CT molecular complexity index is 1290. The zero-order valence-corrected chi connectivity index (χ0v) is 18.3. The van der Waals surface area contributed by atoms with Crippen LogP contribution in [0.3, 0.4) is 0 Å². The summed E-state index contributed by atoms with van der Waals surface area (Å²) in [5.41, 5.74) is 8.41. The Hall–Kier alpha value is -3.36. The quantitative estimate of drug-likeness (QED) is 0.413. The summed E-state index contributed by atoms with van der Waals surface area (Å²) in [5, 5.41) is 7.92. The van der Waals surface area contributed by atoms with Gasteiger partial charge < -0.3 is 19.9 Å². The summed E-state index contributed by atoms with van der Waals surface area (Å²) in [5.74, 6) is -0.0610. The third-order valence-electron chi connectivity index (χ3n) is 4.98. The first-order valence-electron chi connectivity index (χ1n) is 10.2. The third kappa shape index (κ3) is 5.08. The summed E-state index contributed by atoms with van der Waals surface area (Å²) in [7, 11) is 0. The number of fused-ring (bicyclic) bond motifs is 1. The van der Waals surface area contributed by atoms with Gasteiger partial charge in [0.05, 0.1) is 36.4 Å². The van der Waals surface area contributed by atoms with E-state index in [9.17, 15) is 13.2 Å². The number of halogens is 3. The maximum Gasteiger partial charge on any atom is 0.573 e. The fourth-order valence-electron chi connectivity index (χ4n) is 3.41. The Kier molecular flexibility index (Phi) is 6.02. The van der Waals surface area contributed by atoms with Gasteiger partial charge in [-0.25, -0.2) is 9.67 Å². The average Bonchev–Trinajstić information content (AvgIpc) is 3.54. The molecule has 34 heavy (non-hydrogen) atoms. The molecule has 4 aromatic rings. The van der Waals surface area contributed by atoms with Gasteiger partial charge in [-0.05, 0) is 30.2 Å². The van der Waals surface area contributed by atoms with Gasteiger partial charge in [-0.15, -0.1) is 18.3 Å². The van der Waals surface area contributed by atoms with E-state index in [0.717, 1.165) is 29.9 Å². The summed E-state index contributed by atoms with van der Waals surface area (Å²) in [6, 6.07) is 6.42. The van der Waals surface area contributed by atoms with E-state index in [-0.39, 0.29) is 29.4 Å². The van der Waals surface area contributed by atoms with Crippen LogP contribution in [0.4, 0.5) is 19.1 Å². The molecule has 5 heterocycles. The molecule has 1 aliphatic heterocycles. The molecule has 178 valence electrons. The van der Waals surface area contributed by atoms with Crippen LogP contribution in [0.25, 0.3) is 21.7 Å². The Balaban J connectivity index is 1.34. The van der Waals surface area contributed by atoms with Gasteiger partial charge in [0.25, 0.3) is 0 Å². The minimum atomic E-state index is -4.79. The van der Waals surface area contributed by atoms with E-state index in [4.69, 9.17) is 15.2 Å². The standard InChI is InChI=1S/C20H18F3N7O3S/c21-20(22,23)33-15-4-3-14(34-15)16-17-18(27-19(24)26-16)30(29-28-17)8-12-2-1-11(7-25-12)9-32-13-5-6-31-10-13/h1-4,7,13H,5-6,8-10H2,(H2,24,26,27). The highest BCUT2D eigenvalue weighted by molar-refractivity contribution is 7.17. The van der Waals surface area contributed by atoms with Gasteiger partial charge in [-0.3, -0.25) is 4.98 Å². The molecule has 1 fully saturated rings. The van der Waals surface area contributed by atoms with E-state index in [2.05, 4.69) is 30.0 Å². The van der Waals surface area contributed by atoms with Crippen molar-refractivity contribution in [1.82, 2.24) is 29.9 Å². The van der Waals surface area contributed by atoms with E-state index in [0.29, 0.717) is 34.9 Å². The van der Waals surface area contributed by atoms with Crippen LogP contribution >= 0.6 is 11.3 Å². The molecule has 0 saturated carbocycles. The number of pyridine rings is 1. The predicted molar refractivity (Wildman–Crippen MR) is 115 cm³/mol. The molecule has 1 aliphatic rings. The van der Waals surface area contributed by atoms with Crippen molar-refractivity contribution in [3.63, 3.8) is 0 Å². The SMILES string of the molecule is Nc1nc(-c2ccc(OC(F)(F)F)s2)c2nnn(Cc3ccc(COC4CCOC4)cn3)c2n1. The predicted octanol–water partition coefficient (Wildman–Crippen LogP) is 3.18. The molecule has 0 bridgehead atoms. The first-order valence-corrected chi connectivity index (χ1v) is 11.0. The van der Waals surface area contributed by atoms with Crippen molar-refractivity contribution in [2.24, 2.45) is 0 Å². The summed E-state index contributed by atoms with van der Waals surface area (Å²) in [6.07, 6.45) is -2.06. The zero-order chi connectivity index (χ0) is 23.7. The number of nitrogens with two attached hydrogens (primary N) is 1. The highest BCUT2D eigenvalue weighted by atomic mass is 32.1. The minimum Gasteiger partial charge on any atom is -0.396 e. The maximum absolute atomic E-state index is 12.5. The number of anilines is 1. The molecular weight excluding hydrogens is 475 g/mol. The average molecular weight is 493 g/mol. The molecule has 0 spiro atoms. The Morgan fingerprint density at radius 1 is 1.21 bits per heavy atom. The Morgan fingerprint density at radius 3 is 2.82 bits per heavy atom. The van der Waals surface area contributed by atoms with Crippen LogP contribution in [0.15, 0.2) is 30.5 Å². The number of aromatic nitrogens is 6. The van der Waals surface area contributed by atoms with Crippen molar-refractivity contribution in [2.75, 3.05) is 18.9 Å².